The van der Waals surface area contributed by atoms with Gasteiger partial charge in [-0.3, -0.25) is 8.98 Å². The minimum absolute atomic E-state index is 0.169. The van der Waals surface area contributed by atoms with Gasteiger partial charge in [-0.1, -0.05) is 12.1 Å². The Bertz CT molecular complexity index is 1040. The lowest BCUT2D eigenvalue weighted by atomic mass is 10.1. The summed E-state index contributed by atoms with van der Waals surface area (Å²) >= 11 is 0. The first-order valence-corrected chi connectivity index (χ1v) is 12.8. The highest BCUT2D eigenvalue weighted by atomic mass is 32.2. The molecule has 0 amide bonds. The van der Waals surface area contributed by atoms with Crippen molar-refractivity contribution in [2.24, 2.45) is 0 Å². The molecule has 0 bridgehead atoms. The van der Waals surface area contributed by atoms with E-state index in [-0.39, 0.29) is 6.61 Å². The quantitative estimate of drug-likeness (QED) is 0.372. The van der Waals surface area contributed by atoms with Crippen LogP contribution in [0.25, 0.3) is 0 Å². The Morgan fingerprint density at radius 3 is 2.46 bits per heavy atom. The third-order valence-corrected chi connectivity index (χ3v) is 7.69. The molecule has 0 radical (unpaired) electrons. The van der Waals surface area contributed by atoms with Gasteiger partial charge in [0.1, 0.15) is 35.4 Å². The van der Waals surface area contributed by atoms with Gasteiger partial charge in [0.25, 0.3) is 10.1 Å². The number of hydrogen-bond acceptors (Lipinski definition) is 11. The highest BCUT2D eigenvalue weighted by molar-refractivity contribution is 7.87. The van der Waals surface area contributed by atoms with Gasteiger partial charge in [-0.15, -0.1) is 0 Å². The van der Waals surface area contributed by atoms with Crippen molar-refractivity contribution in [3.05, 3.63) is 29.8 Å². The SMILES string of the molecule is COC(=O)C[C@H](c1cccc(OC)c1)S(=O)(=O)O[C@H]1[C@H]2OC(C)(C)O[C@H]2O[C@@H]1[C@H]1COC(C)(C)O1. The zero-order valence-corrected chi connectivity index (χ0v) is 21.4. The van der Waals surface area contributed by atoms with Crippen molar-refractivity contribution in [3.63, 3.8) is 0 Å². The van der Waals surface area contributed by atoms with Crippen molar-refractivity contribution in [3.8, 4) is 5.75 Å². The molecule has 3 fully saturated rings. The number of carbonyl (C=O) groups excluding carboxylic acids is 1. The lowest BCUT2D eigenvalue weighted by molar-refractivity contribution is -0.230. The maximum atomic E-state index is 13.7. The Balaban J connectivity index is 1.66. The van der Waals surface area contributed by atoms with Crippen LogP contribution in [-0.2, 0) is 47.5 Å². The van der Waals surface area contributed by atoms with Crippen LogP contribution in [0.5, 0.6) is 5.75 Å². The van der Waals surface area contributed by atoms with Crippen LogP contribution in [-0.4, -0.2) is 77.5 Å². The van der Waals surface area contributed by atoms with Crippen LogP contribution in [0.2, 0.25) is 0 Å². The van der Waals surface area contributed by atoms with Crippen molar-refractivity contribution in [1.82, 2.24) is 0 Å². The van der Waals surface area contributed by atoms with Gasteiger partial charge < -0.3 is 33.2 Å². The van der Waals surface area contributed by atoms with Crippen LogP contribution in [0.3, 0.4) is 0 Å². The molecule has 3 aliphatic rings. The van der Waals surface area contributed by atoms with Gasteiger partial charge in [0.15, 0.2) is 17.9 Å². The summed E-state index contributed by atoms with van der Waals surface area (Å²) in [5.41, 5.74) is 0.312. The smallest absolute Gasteiger partial charge is 0.307 e. The zero-order valence-electron chi connectivity index (χ0n) is 20.6. The van der Waals surface area contributed by atoms with E-state index in [1.807, 2.05) is 0 Å². The van der Waals surface area contributed by atoms with E-state index in [0.29, 0.717) is 11.3 Å². The molecule has 0 spiro atoms. The van der Waals surface area contributed by atoms with Gasteiger partial charge >= 0.3 is 5.97 Å². The van der Waals surface area contributed by atoms with Crippen molar-refractivity contribution >= 4 is 16.1 Å². The van der Waals surface area contributed by atoms with Crippen LogP contribution < -0.4 is 4.74 Å². The molecule has 1 aromatic carbocycles. The number of hydrogen-bond donors (Lipinski definition) is 0. The number of methoxy groups -OCH3 is 2. The number of rotatable bonds is 8. The summed E-state index contributed by atoms with van der Waals surface area (Å²) in [6.07, 6.45) is -4.76. The number of carbonyl (C=O) groups is 1. The molecule has 3 heterocycles. The Morgan fingerprint density at radius 1 is 1.09 bits per heavy atom. The number of ether oxygens (including phenoxy) is 7. The molecule has 0 aromatic heterocycles. The average molecular weight is 517 g/mol. The summed E-state index contributed by atoms with van der Waals surface area (Å²) in [6.45, 7) is 7.07. The van der Waals surface area contributed by atoms with Crippen LogP contribution in [0, 0.1) is 0 Å². The van der Waals surface area contributed by atoms with Gasteiger partial charge in [0, 0.05) is 0 Å². The Hall–Kier alpha value is -1.80. The lowest BCUT2D eigenvalue weighted by Gasteiger charge is -2.29. The zero-order chi connectivity index (χ0) is 25.6. The van der Waals surface area contributed by atoms with E-state index in [9.17, 15) is 13.2 Å². The standard InChI is InChI=1S/C23H32O11S/c1-22(2)29-12-15(31-22)18-19(20-21(30-18)33-23(3,4)32-20)34-35(25,26)16(11-17(24)28-6)13-8-7-9-14(10-13)27-5/h7-10,15-16,18-21H,11-12H2,1-6H3/t15-,16-,18-,19-,20-,21-/m1/s1. The van der Waals surface area contributed by atoms with Gasteiger partial charge in [-0.25, -0.2) is 0 Å². The molecule has 35 heavy (non-hydrogen) atoms. The lowest BCUT2D eigenvalue weighted by Crippen LogP contribution is -2.45. The molecule has 0 unspecified atom stereocenters. The second-order valence-corrected chi connectivity index (χ2v) is 11.3. The molecule has 4 rings (SSSR count). The summed E-state index contributed by atoms with van der Waals surface area (Å²) in [4.78, 5) is 12.2. The van der Waals surface area contributed by atoms with E-state index in [2.05, 4.69) is 0 Å². The van der Waals surface area contributed by atoms with Gasteiger partial charge in [0.2, 0.25) is 0 Å². The molecule has 3 aliphatic heterocycles. The minimum atomic E-state index is -4.42. The fourth-order valence-corrected chi connectivity index (χ4v) is 5.96. The van der Waals surface area contributed by atoms with Gasteiger partial charge in [-0.05, 0) is 45.4 Å². The van der Waals surface area contributed by atoms with E-state index >= 15 is 0 Å². The number of fused-ring (bicyclic) bond motifs is 1. The molecule has 0 N–H and O–H groups in total. The average Bonchev–Trinajstić information content (AvgIpc) is 3.40. The minimum Gasteiger partial charge on any atom is -0.497 e. The molecular weight excluding hydrogens is 484 g/mol. The predicted octanol–water partition coefficient (Wildman–Crippen LogP) is 2.04. The highest BCUT2D eigenvalue weighted by Gasteiger charge is 2.60. The first-order chi connectivity index (χ1) is 16.3. The molecule has 6 atom stereocenters. The van der Waals surface area contributed by atoms with Gasteiger partial charge in [-0.2, -0.15) is 8.42 Å². The Labute approximate surface area is 205 Å². The summed E-state index contributed by atoms with van der Waals surface area (Å²) < 4.78 is 72.5. The number of esters is 1. The first kappa shape index (κ1) is 26.3. The predicted molar refractivity (Wildman–Crippen MR) is 120 cm³/mol. The first-order valence-electron chi connectivity index (χ1n) is 11.3. The van der Waals surface area contributed by atoms with Crippen LogP contribution >= 0.6 is 0 Å². The Morgan fingerprint density at radius 2 is 1.83 bits per heavy atom. The molecule has 1 aromatic rings. The van der Waals surface area contributed by atoms with Crippen molar-refractivity contribution in [2.75, 3.05) is 20.8 Å². The molecule has 12 heteroatoms. The second-order valence-electron chi connectivity index (χ2n) is 9.54. The van der Waals surface area contributed by atoms with E-state index in [0.717, 1.165) is 0 Å². The monoisotopic (exact) mass is 516 g/mol. The Kier molecular flexibility index (Phi) is 7.19. The summed E-state index contributed by atoms with van der Waals surface area (Å²) in [5, 5.41) is -1.36. The normalized spacial score (nSPS) is 32.2. The maximum absolute atomic E-state index is 13.7. The van der Waals surface area contributed by atoms with E-state index < -0.39 is 70.0 Å². The molecule has 0 saturated carbocycles. The third-order valence-electron chi connectivity index (χ3n) is 6.06. The summed E-state index contributed by atoms with van der Waals surface area (Å²) in [6, 6.07) is 6.42. The number of benzene rings is 1. The van der Waals surface area contributed by atoms with Gasteiger partial charge in [0.05, 0.1) is 27.2 Å². The summed E-state index contributed by atoms with van der Waals surface area (Å²) in [5.74, 6) is -2.15. The van der Waals surface area contributed by atoms with Crippen molar-refractivity contribution < 1.29 is 50.6 Å². The second kappa shape index (κ2) is 9.58. The third kappa shape index (κ3) is 5.63. The van der Waals surface area contributed by atoms with Crippen molar-refractivity contribution in [1.29, 1.82) is 0 Å². The fraction of sp³-hybridized carbons (Fsp3) is 0.696. The molecular formula is C23H32O11S. The van der Waals surface area contributed by atoms with E-state index in [4.69, 9.17) is 37.3 Å². The molecule has 3 saturated heterocycles. The fourth-order valence-electron chi connectivity index (χ4n) is 4.48. The topological polar surface area (TPSA) is 125 Å². The molecule has 11 nitrogen and oxygen atoms in total. The molecule has 0 aliphatic carbocycles. The highest BCUT2D eigenvalue weighted by Crippen LogP contribution is 2.43. The van der Waals surface area contributed by atoms with E-state index in [1.54, 1.807) is 45.9 Å². The van der Waals surface area contributed by atoms with Crippen LogP contribution in [0.15, 0.2) is 24.3 Å². The van der Waals surface area contributed by atoms with Crippen LogP contribution in [0.1, 0.15) is 44.9 Å². The van der Waals surface area contributed by atoms with E-state index in [1.165, 1.54) is 20.3 Å². The molecule has 196 valence electrons. The summed E-state index contributed by atoms with van der Waals surface area (Å²) in [7, 11) is -1.77. The largest absolute Gasteiger partial charge is 0.497 e. The maximum Gasteiger partial charge on any atom is 0.307 e. The van der Waals surface area contributed by atoms with Crippen molar-refractivity contribution in [2.45, 2.75) is 81.6 Å². The van der Waals surface area contributed by atoms with Crippen LogP contribution in [0.4, 0.5) is 0 Å².